The van der Waals surface area contributed by atoms with Crippen molar-refractivity contribution in [1.82, 2.24) is 9.97 Å². The number of nitrogens with two attached hydrogens (primary N) is 1. The molecule has 0 fully saturated rings. The average molecular weight is 299 g/mol. The second kappa shape index (κ2) is 7.68. The Bertz CT molecular complexity index is 496. The zero-order valence-corrected chi connectivity index (χ0v) is 12.4. The van der Waals surface area contributed by atoms with Crippen LogP contribution in [0, 0.1) is 0 Å². The topological polar surface area (TPSA) is 104 Å². The third-order valence-corrected chi connectivity index (χ3v) is 3.15. The van der Waals surface area contributed by atoms with Gasteiger partial charge in [-0.15, -0.1) is 0 Å². The summed E-state index contributed by atoms with van der Waals surface area (Å²) in [4.78, 5) is 31.0. The summed E-state index contributed by atoms with van der Waals surface area (Å²) in [5.74, 6) is -0.897. The van der Waals surface area contributed by atoms with Gasteiger partial charge < -0.3 is 15.2 Å². The van der Waals surface area contributed by atoms with Crippen LogP contribution in [0.25, 0.3) is 0 Å². The lowest BCUT2D eigenvalue weighted by atomic mass is 10.3. The van der Waals surface area contributed by atoms with Crippen molar-refractivity contribution < 1.29 is 19.1 Å². The highest BCUT2D eigenvalue weighted by molar-refractivity contribution is 8.00. The third kappa shape index (κ3) is 4.37. The Morgan fingerprint density at radius 3 is 2.55 bits per heavy atom. The molecule has 110 valence electrons. The summed E-state index contributed by atoms with van der Waals surface area (Å²) in [6, 6.07) is 0. The number of ether oxygens (including phenoxy) is 2. The summed E-state index contributed by atoms with van der Waals surface area (Å²) in [6.07, 6.45) is 1.29. The second-order valence-electron chi connectivity index (χ2n) is 3.68. The van der Waals surface area contributed by atoms with Gasteiger partial charge in [0.2, 0.25) is 0 Å². The van der Waals surface area contributed by atoms with Crippen molar-refractivity contribution in [2.75, 3.05) is 18.9 Å². The number of carbonyl (C=O) groups excluding carboxylic acids is 2. The van der Waals surface area contributed by atoms with Gasteiger partial charge in [-0.3, -0.25) is 4.79 Å². The summed E-state index contributed by atoms with van der Waals surface area (Å²) in [5, 5.41) is -0.154. The zero-order chi connectivity index (χ0) is 15.1. The molecule has 1 rings (SSSR count). The predicted molar refractivity (Wildman–Crippen MR) is 74.4 cm³/mol. The number of esters is 2. The standard InChI is InChI=1S/C12H17N3O4S/c1-4-18-10(16)7(3)20-12-14-6-8(9(13)15-12)11(17)19-5-2/h6-7H,4-5H2,1-3H3,(H2,13,14,15). The van der Waals surface area contributed by atoms with Crippen LogP contribution in [0.1, 0.15) is 31.1 Å². The lowest BCUT2D eigenvalue weighted by Gasteiger charge is -2.10. The van der Waals surface area contributed by atoms with Crippen LogP contribution in [0.2, 0.25) is 0 Å². The summed E-state index contributed by atoms with van der Waals surface area (Å²) >= 11 is 1.11. The van der Waals surface area contributed by atoms with E-state index in [0.29, 0.717) is 11.8 Å². The molecule has 20 heavy (non-hydrogen) atoms. The monoisotopic (exact) mass is 299 g/mol. The van der Waals surface area contributed by atoms with Crippen molar-refractivity contribution in [1.29, 1.82) is 0 Å². The maximum absolute atomic E-state index is 11.5. The van der Waals surface area contributed by atoms with E-state index in [2.05, 4.69) is 9.97 Å². The summed E-state index contributed by atoms with van der Waals surface area (Å²) in [7, 11) is 0. The highest BCUT2D eigenvalue weighted by Gasteiger charge is 2.19. The van der Waals surface area contributed by atoms with Gasteiger partial charge in [0.15, 0.2) is 5.16 Å². The Kier molecular flexibility index (Phi) is 6.23. The molecule has 1 aromatic rings. The van der Waals surface area contributed by atoms with Gasteiger partial charge >= 0.3 is 11.9 Å². The van der Waals surface area contributed by atoms with Gasteiger partial charge in [-0.25, -0.2) is 14.8 Å². The molecule has 1 heterocycles. The van der Waals surface area contributed by atoms with E-state index in [-0.39, 0.29) is 24.0 Å². The van der Waals surface area contributed by atoms with Crippen molar-refractivity contribution in [3.63, 3.8) is 0 Å². The molecule has 1 aromatic heterocycles. The summed E-state index contributed by atoms with van der Waals surface area (Å²) < 4.78 is 9.70. The molecule has 0 amide bonds. The highest BCUT2D eigenvalue weighted by atomic mass is 32.2. The number of carbonyl (C=O) groups is 2. The Hall–Kier alpha value is -1.83. The van der Waals surface area contributed by atoms with Gasteiger partial charge in [0, 0.05) is 6.20 Å². The number of aromatic nitrogens is 2. The van der Waals surface area contributed by atoms with E-state index in [1.807, 2.05) is 0 Å². The van der Waals surface area contributed by atoms with Crippen LogP contribution < -0.4 is 5.73 Å². The van der Waals surface area contributed by atoms with Crippen molar-refractivity contribution >= 4 is 29.5 Å². The van der Waals surface area contributed by atoms with Gasteiger partial charge in [-0.2, -0.15) is 0 Å². The number of hydrogen-bond donors (Lipinski definition) is 1. The van der Waals surface area contributed by atoms with E-state index >= 15 is 0 Å². The molecular weight excluding hydrogens is 282 g/mol. The van der Waals surface area contributed by atoms with Gasteiger partial charge in [0.1, 0.15) is 16.6 Å². The normalized spacial score (nSPS) is 11.8. The molecule has 0 bridgehead atoms. The number of thioether (sulfide) groups is 1. The van der Waals surface area contributed by atoms with Crippen LogP contribution in [0.3, 0.4) is 0 Å². The highest BCUT2D eigenvalue weighted by Crippen LogP contribution is 2.22. The molecule has 1 atom stereocenters. The molecule has 0 spiro atoms. The smallest absolute Gasteiger partial charge is 0.343 e. The molecule has 0 aliphatic rings. The third-order valence-electron chi connectivity index (χ3n) is 2.19. The molecule has 7 nitrogen and oxygen atoms in total. The molecule has 0 aromatic carbocycles. The van der Waals surface area contributed by atoms with Gasteiger partial charge in [0.25, 0.3) is 0 Å². The van der Waals surface area contributed by atoms with Crippen LogP contribution in [-0.2, 0) is 14.3 Å². The van der Waals surface area contributed by atoms with Crippen LogP contribution in [0.4, 0.5) is 5.82 Å². The van der Waals surface area contributed by atoms with E-state index in [4.69, 9.17) is 15.2 Å². The zero-order valence-electron chi connectivity index (χ0n) is 11.6. The Morgan fingerprint density at radius 2 is 2.00 bits per heavy atom. The molecular formula is C12H17N3O4S. The van der Waals surface area contributed by atoms with E-state index in [9.17, 15) is 9.59 Å². The maximum atomic E-state index is 11.5. The fourth-order valence-corrected chi connectivity index (χ4v) is 2.01. The molecule has 0 radical (unpaired) electrons. The molecule has 0 aliphatic heterocycles. The van der Waals surface area contributed by atoms with Crippen LogP contribution >= 0.6 is 11.8 Å². The molecule has 8 heteroatoms. The largest absolute Gasteiger partial charge is 0.465 e. The molecule has 2 N–H and O–H groups in total. The number of nitrogen functional groups attached to an aromatic ring is 1. The van der Waals surface area contributed by atoms with Crippen LogP contribution in [0.5, 0.6) is 0 Å². The maximum Gasteiger partial charge on any atom is 0.343 e. The second-order valence-corrected chi connectivity index (χ2v) is 4.99. The minimum Gasteiger partial charge on any atom is -0.465 e. The SMILES string of the molecule is CCOC(=O)c1cnc(SC(C)C(=O)OCC)nc1N. The first-order chi connectivity index (χ1) is 9.49. The van der Waals surface area contributed by atoms with Crippen molar-refractivity contribution in [3.8, 4) is 0 Å². The minimum atomic E-state index is -0.569. The van der Waals surface area contributed by atoms with Gasteiger partial charge in [0.05, 0.1) is 13.2 Å². The first kappa shape index (κ1) is 16.2. The lowest BCUT2D eigenvalue weighted by molar-refractivity contribution is -0.142. The Balaban J connectivity index is 2.77. The van der Waals surface area contributed by atoms with Crippen molar-refractivity contribution in [2.24, 2.45) is 0 Å². The van der Waals surface area contributed by atoms with E-state index in [1.54, 1.807) is 20.8 Å². The number of rotatable bonds is 6. The first-order valence-electron chi connectivity index (χ1n) is 6.12. The first-order valence-corrected chi connectivity index (χ1v) is 7.00. The summed E-state index contributed by atoms with van der Waals surface area (Å²) in [5.41, 5.74) is 5.79. The van der Waals surface area contributed by atoms with Gasteiger partial charge in [-0.1, -0.05) is 11.8 Å². The molecule has 1 unspecified atom stereocenters. The average Bonchev–Trinajstić information content (AvgIpc) is 2.39. The fourth-order valence-electron chi connectivity index (χ4n) is 1.27. The van der Waals surface area contributed by atoms with Crippen LogP contribution in [-0.4, -0.2) is 40.4 Å². The van der Waals surface area contributed by atoms with Crippen LogP contribution in [0.15, 0.2) is 11.4 Å². The minimum absolute atomic E-state index is 0.0250. The summed E-state index contributed by atoms with van der Waals surface area (Å²) in [6.45, 7) is 5.67. The van der Waals surface area contributed by atoms with E-state index < -0.39 is 11.2 Å². The number of nitrogens with zero attached hydrogens (tertiary/aromatic N) is 2. The predicted octanol–water partition coefficient (Wildman–Crippen LogP) is 1.28. The lowest BCUT2D eigenvalue weighted by Crippen LogP contribution is -2.17. The number of hydrogen-bond acceptors (Lipinski definition) is 8. The van der Waals surface area contributed by atoms with E-state index in [0.717, 1.165) is 11.8 Å². The molecule has 0 saturated heterocycles. The molecule has 0 aliphatic carbocycles. The quantitative estimate of drug-likeness (QED) is 0.476. The van der Waals surface area contributed by atoms with Crippen molar-refractivity contribution in [3.05, 3.63) is 11.8 Å². The fraction of sp³-hybridized carbons (Fsp3) is 0.500. The van der Waals surface area contributed by atoms with Crippen molar-refractivity contribution in [2.45, 2.75) is 31.2 Å². The molecule has 0 saturated carbocycles. The number of anilines is 1. The Labute approximate surface area is 121 Å². The van der Waals surface area contributed by atoms with Gasteiger partial charge in [-0.05, 0) is 20.8 Å². The van der Waals surface area contributed by atoms with E-state index in [1.165, 1.54) is 6.20 Å². The Morgan fingerprint density at radius 1 is 1.35 bits per heavy atom.